The van der Waals surface area contributed by atoms with Crippen molar-refractivity contribution in [2.75, 3.05) is 19.6 Å². The summed E-state index contributed by atoms with van der Waals surface area (Å²) in [6.45, 7) is 1.91. The molecule has 1 atom stereocenters. The molecule has 0 radical (unpaired) electrons. The zero-order valence-corrected chi connectivity index (χ0v) is 7.51. The van der Waals surface area contributed by atoms with E-state index in [2.05, 4.69) is 16.0 Å². The SMILES string of the molecule is O=CCNC(=O)NC1CCCNC1. The molecule has 1 unspecified atom stereocenters. The molecule has 0 aromatic heterocycles. The van der Waals surface area contributed by atoms with Crippen LogP contribution in [0, 0.1) is 0 Å². The summed E-state index contributed by atoms with van der Waals surface area (Å²) < 4.78 is 0. The number of aldehydes is 1. The van der Waals surface area contributed by atoms with Gasteiger partial charge in [0.2, 0.25) is 0 Å². The minimum Gasteiger partial charge on any atom is -0.334 e. The second-order valence-corrected chi connectivity index (χ2v) is 3.06. The fourth-order valence-corrected chi connectivity index (χ4v) is 1.35. The van der Waals surface area contributed by atoms with Gasteiger partial charge in [-0.2, -0.15) is 0 Å². The van der Waals surface area contributed by atoms with Crippen molar-refractivity contribution in [3.63, 3.8) is 0 Å². The van der Waals surface area contributed by atoms with Crippen LogP contribution >= 0.6 is 0 Å². The van der Waals surface area contributed by atoms with Crippen molar-refractivity contribution in [2.45, 2.75) is 18.9 Å². The molecule has 0 bridgehead atoms. The van der Waals surface area contributed by atoms with E-state index in [0.717, 1.165) is 25.9 Å². The van der Waals surface area contributed by atoms with Crippen molar-refractivity contribution in [1.29, 1.82) is 0 Å². The van der Waals surface area contributed by atoms with Crippen LogP contribution in [0.15, 0.2) is 0 Å². The summed E-state index contributed by atoms with van der Waals surface area (Å²) >= 11 is 0. The Kier molecular flexibility index (Phi) is 4.25. The maximum absolute atomic E-state index is 11.1. The molecule has 5 nitrogen and oxygen atoms in total. The number of amides is 2. The first-order valence-corrected chi connectivity index (χ1v) is 4.51. The monoisotopic (exact) mass is 185 g/mol. The van der Waals surface area contributed by atoms with E-state index in [9.17, 15) is 9.59 Å². The highest BCUT2D eigenvalue weighted by Crippen LogP contribution is 2.00. The van der Waals surface area contributed by atoms with Gasteiger partial charge in [-0.1, -0.05) is 0 Å². The van der Waals surface area contributed by atoms with Gasteiger partial charge < -0.3 is 20.7 Å². The lowest BCUT2D eigenvalue weighted by Gasteiger charge is -2.23. The van der Waals surface area contributed by atoms with Gasteiger partial charge in [0, 0.05) is 12.6 Å². The van der Waals surface area contributed by atoms with E-state index in [1.54, 1.807) is 0 Å². The maximum atomic E-state index is 11.1. The molecule has 0 aliphatic carbocycles. The van der Waals surface area contributed by atoms with Gasteiger partial charge in [-0.3, -0.25) is 0 Å². The predicted octanol–water partition coefficient (Wildman–Crippen LogP) is -0.763. The zero-order chi connectivity index (χ0) is 9.52. The highest BCUT2D eigenvalue weighted by atomic mass is 16.2. The molecule has 2 amide bonds. The minimum atomic E-state index is -0.263. The lowest BCUT2D eigenvalue weighted by Crippen LogP contribution is -2.49. The first-order chi connectivity index (χ1) is 6.33. The Balaban J connectivity index is 2.14. The average Bonchev–Trinajstić information content (AvgIpc) is 2.16. The van der Waals surface area contributed by atoms with Crippen LogP contribution in [0.5, 0.6) is 0 Å². The van der Waals surface area contributed by atoms with Gasteiger partial charge in [-0.25, -0.2) is 4.79 Å². The third kappa shape index (κ3) is 3.89. The van der Waals surface area contributed by atoms with Crippen LogP contribution in [0.1, 0.15) is 12.8 Å². The lowest BCUT2D eigenvalue weighted by atomic mass is 10.1. The fraction of sp³-hybridized carbons (Fsp3) is 0.750. The first-order valence-electron chi connectivity index (χ1n) is 4.51. The van der Waals surface area contributed by atoms with E-state index in [1.807, 2.05) is 0 Å². The average molecular weight is 185 g/mol. The van der Waals surface area contributed by atoms with Crippen molar-refractivity contribution < 1.29 is 9.59 Å². The van der Waals surface area contributed by atoms with E-state index in [1.165, 1.54) is 0 Å². The van der Waals surface area contributed by atoms with Crippen LogP contribution in [0.2, 0.25) is 0 Å². The summed E-state index contributed by atoms with van der Waals surface area (Å²) in [6, 6.07) is -0.0683. The Morgan fingerprint density at radius 2 is 2.46 bits per heavy atom. The molecule has 3 N–H and O–H groups in total. The van der Waals surface area contributed by atoms with Gasteiger partial charge in [0.1, 0.15) is 6.29 Å². The van der Waals surface area contributed by atoms with Crippen LogP contribution in [-0.2, 0) is 4.79 Å². The molecule has 1 aliphatic rings. The molecule has 1 saturated heterocycles. The van der Waals surface area contributed by atoms with Crippen LogP contribution in [0.4, 0.5) is 4.79 Å². The first kappa shape index (κ1) is 9.98. The Morgan fingerprint density at radius 1 is 1.62 bits per heavy atom. The highest BCUT2D eigenvalue weighted by Gasteiger charge is 2.14. The predicted molar refractivity (Wildman–Crippen MR) is 48.5 cm³/mol. The quantitative estimate of drug-likeness (QED) is 0.506. The zero-order valence-electron chi connectivity index (χ0n) is 7.51. The molecule has 5 heteroatoms. The summed E-state index contributed by atoms with van der Waals surface area (Å²) in [5, 5.41) is 8.40. The molecule has 74 valence electrons. The summed E-state index contributed by atoms with van der Waals surface area (Å²) in [5.74, 6) is 0. The molecule has 1 heterocycles. The van der Waals surface area contributed by atoms with Gasteiger partial charge in [-0.15, -0.1) is 0 Å². The standard InChI is InChI=1S/C8H15N3O2/c12-5-4-10-8(13)11-7-2-1-3-9-6-7/h5,7,9H,1-4,6H2,(H2,10,11,13). The fourth-order valence-electron chi connectivity index (χ4n) is 1.35. The van der Waals surface area contributed by atoms with Gasteiger partial charge in [0.15, 0.2) is 0 Å². The molecule has 0 aromatic rings. The molecular weight excluding hydrogens is 170 g/mol. The van der Waals surface area contributed by atoms with E-state index in [0.29, 0.717) is 6.29 Å². The lowest BCUT2D eigenvalue weighted by molar-refractivity contribution is -0.107. The Morgan fingerprint density at radius 3 is 3.08 bits per heavy atom. The van der Waals surface area contributed by atoms with Crippen molar-refractivity contribution in [1.82, 2.24) is 16.0 Å². The van der Waals surface area contributed by atoms with Gasteiger partial charge in [-0.05, 0) is 19.4 Å². The third-order valence-corrected chi connectivity index (χ3v) is 1.98. The Bertz CT molecular complexity index is 178. The second-order valence-electron chi connectivity index (χ2n) is 3.06. The molecule has 1 aliphatic heterocycles. The summed E-state index contributed by atoms with van der Waals surface area (Å²) in [7, 11) is 0. The number of rotatable bonds is 3. The van der Waals surface area contributed by atoms with E-state index in [-0.39, 0.29) is 18.6 Å². The molecule has 0 spiro atoms. The summed E-state index contributed by atoms with van der Waals surface area (Å²) in [6.07, 6.45) is 2.75. The van der Waals surface area contributed by atoms with E-state index >= 15 is 0 Å². The van der Waals surface area contributed by atoms with Crippen molar-refractivity contribution in [3.8, 4) is 0 Å². The van der Waals surface area contributed by atoms with E-state index in [4.69, 9.17) is 0 Å². The van der Waals surface area contributed by atoms with Crippen molar-refractivity contribution in [2.24, 2.45) is 0 Å². The smallest absolute Gasteiger partial charge is 0.315 e. The molecule has 0 aromatic carbocycles. The normalized spacial score (nSPS) is 22.0. The number of hydrogen-bond acceptors (Lipinski definition) is 3. The third-order valence-electron chi connectivity index (χ3n) is 1.98. The topological polar surface area (TPSA) is 70.2 Å². The second kappa shape index (κ2) is 5.53. The number of hydrogen-bond donors (Lipinski definition) is 3. The van der Waals surface area contributed by atoms with Crippen molar-refractivity contribution >= 4 is 12.3 Å². The van der Waals surface area contributed by atoms with Crippen LogP contribution in [-0.4, -0.2) is 38.0 Å². The van der Waals surface area contributed by atoms with Gasteiger partial charge in [0.05, 0.1) is 6.54 Å². The highest BCUT2D eigenvalue weighted by molar-refractivity contribution is 5.76. The number of piperidine rings is 1. The number of urea groups is 1. The van der Waals surface area contributed by atoms with Crippen LogP contribution in [0.25, 0.3) is 0 Å². The molecule has 1 fully saturated rings. The number of nitrogens with one attached hydrogen (secondary N) is 3. The molecule has 0 saturated carbocycles. The Labute approximate surface area is 77.3 Å². The summed E-state index contributed by atoms with van der Waals surface area (Å²) in [5.41, 5.74) is 0. The molecule has 1 rings (SSSR count). The van der Waals surface area contributed by atoms with Crippen molar-refractivity contribution in [3.05, 3.63) is 0 Å². The summed E-state index contributed by atoms with van der Waals surface area (Å²) in [4.78, 5) is 21.0. The van der Waals surface area contributed by atoms with Gasteiger partial charge in [0.25, 0.3) is 0 Å². The molecule has 13 heavy (non-hydrogen) atoms. The number of carbonyl (C=O) groups excluding carboxylic acids is 2. The largest absolute Gasteiger partial charge is 0.334 e. The van der Waals surface area contributed by atoms with Gasteiger partial charge >= 0.3 is 6.03 Å². The van der Waals surface area contributed by atoms with E-state index < -0.39 is 0 Å². The van der Waals surface area contributed by atoms with Crippen LogP contribution in [0.3, 0.4) is 0 Å². The Hall–Kier alpha value is -1.10. The maximum Gasteiger partial charge on any atom is 0.315 e. The van der Waals surface area contributed by atoms with Crippen LogP contribution < -0.4 is 16.0 Å². The molecular formula is C8H15N3O2. The number of carbonyl (C=O) groups is 2. The minimum absolute atomic E-state index is 0.0754.